The summed E-state index contributed by atoms with van der Waals surface area (Å²) in [6.45, 7) is 2.07. The normalized spacial score (nSPS) is 10.8. The van der Waals surface area contributed by atoms with E-state index in [9.17, 15) is 0 Å². The van der Waals surface area contributed by atoms with Crippen LogP contribution in [0.15, 0.2) is 49.1 Å². The van der Waals surface area contributed by atoms with Crippen molar-refractivity contribution in [2.45, 2.75) is 6.92 Å². The molecule has 3 aromatic rings. The molecule has 0 aliphatic heterocycles. The van der Waals surface area contributed by atoms with Gasteiger partial charge in [0.2, 0.25) is 0 Å². The molecule has 0 bridgehead atoms. The monoisotopic (exact) mass is 209 g/mol. The minimum atomic E-state index is 0.955. The Hall–Kier alpha value is -2.16. The van der Waals surface area contributed by atoms with Crippen LogP contribution in [0.2, 0.25) is 0 Å². The molecular formula is C13H11N3. The Kier molecular flexibility index (Phi) is 1.96. The third-order valence-corrected chi connectivity index (χ3v) is 2.60. The van der Waals surface area contributed by atoms with Crippen molar-refractivity contribution in [2.75, 3.05) is 0 Å². The van der Waals surface area contributed by atoms with E-state index in [1.165, 1.54) is 5.56 Å². The van der Waals surface area contributed by atoms with Crippen molar-refractivity contribution < 1.29 is 0 Å². The van der Waals surface area contributed by atoms with Crippen LogP contribution in [0.5, 0.6) is 0 Å². The lowest BCUT2D eigenvalue weighted by Gasteiger charge is -2.02. The SMILES string of the molecule is Cc1ccnc(-c2ccc3nccn3c2)c1. The van der Waals surface area contributed by atoms with Crippen LogP contribution in [0.3, 0.4) is 0 Å². The number of aryl methyl sites for hydroxylation is 1. The van der Waals surface area contributed by atoms with Gasteiger partial charge in [-0.3, -0.25) is 4.98 Å². The first-order valence-corrected chi connectivity index (χ1v) is 5.19. The quantitative estimate of drug-likeness (QED) is 0.616. The average Bonchev–Trinajstić information content (AvgIpc) is 2.75. The van der Waals surface area contributed by atoms with Crippen LogP contribution in [-0.4, -0.2) is 14.4 Å². The smallest absolute Gasteiger partial charge is 0.136 e. The molecule has 0 unspecified atom stereocenters. The molecule has 0 spiro atoms. The molecule has 0 aromatic carbocycles. The second kappa shape index (κ2) is 3.45. The molecule has 0 saturated carbocycles. The minimum Gasteiger partial charge on any atom is -0.306 e. The summed E-state index contributed by atoms with van der Waals surface area (Å²) < 4.78 is 2.00. The van der Waals surface area contributed by atoms with Crippen LogP contribution < -0.4 is 0 Å². The van der Waals surface area contributed by atoms with Crippen LogP contribution in [-0.2, 0) is 0 Å². The van der Waals surface area contributed by atoms with Gasteiger partial charge in [-0.05, 0) is 36.8 Å². The first-order chi connectivity index (χ1) is 7.83. The third kappa shape index (κ3) is 1.46. The van der Waals surface area contributed by atoms with Gasteiger partial charge in [0.25, 0.3) is 0 Å². The fourth-order valence-electron chi connectivity index (χ4n) is 1.77. The van der Waals surface area contributed by atoms with Crippen LogP contribution in [0.1, 0.15) is 5.56 Å². The summed E-state index contributed by atoms with van der Waals surface area (Å²) in [6, 6.07) is 8.13. The maximum atomic E-state index is 4.37. The predicted octanol–water partition coefficient (Wildman–Crippen LogP) is 2.70. The van der Waals surface area contributed by atoms with Gasteiger partial charge in [-0.1, -0.05) is 0 Å². The molecule has 16 heavy (non-hydrogen) atoms. The highest BCUT2D eigenvalue weighted by Gasteiger charge is 2.01. The minimum absolute atomic E-state index is 0.955. The Morgan fingerprint density at radius 2 is 2.00 bits per heavy atom. The molecule has 0 aliphatic rings. The summed E-state index contributed by atoms with van der Waals surface area (Å²) in [7, 11) is 0. The highest BCUT2D eigenvalue weighted by atomic mass is 15.0. The van der Waals surface area contributed by atoms with Gasteiger partial charge < -0.3 is 4.40 Å². The Morgan fingerprint density at radius 3 is 2.88 bits per heavy atom. The largest absolute Gasteiger partial charge is 0.306 e. The molecule has 0 N–H and O–H groups in total. The van der Waals surface area contributed by atoms with Gasteiger partial charge in [-0.15, -0.1) is 0 Å². The number of fused-ring (bicyclic) bond motifs is 1. The zero-order valence-corrected chi connectivity index (χ0v) is 8.96. The van der Waals surface area contributed by atoms with E-state index in [2.05, 4.69) is 23.0 Å². The molecule has 0 saturated heterocycles. The fourth-order valence-corrected chi connectivity index (χ4v) is 1.77. The number of rotatable bonds is 1. The summed E-state index contributed by atoms with van der Waals surface area (Å²) in [5.41, 5.74) is 4.27. The van der Waals surface area contributed by atoms with Crippen LogP contribution in [0.4, 0.5) is 0 Å². The maximum Gasteiger partial charge on any atom is 0.136 e. The highest BCUT2D eigenvalue weighted by molar-refractivity contribution is 5.61. The van der Waals surface area contributed by atoms with Crippen LogP contribution in [0.25, 0.3) is 16.9 Å². The van der Waals surface area contributed by atoms with Crippen molar-refractivity contribution in [3.8, 4) is 11.3 Å². The molecule has 0 atom stereocenters. The predicted molar refractivity (Wildman–Crippen MR) is 63.2 cm³/mol. The highest BCUT2D eigenvalue weighted by Crippen LogP contribution is 2.18. The topological polar surface area (TPSA) is 30.2 Å². The van der Waals surface area contributed by atoms with Crippen molar-refractivity contribution in [3.05, 3.63) is 54.6 Å². The van der Waals surface area contributed by atoms with E-state index in [1.807, 2.05) is 41.2 Å². The number of nitrogens with zero attached hydrogens (tertiary/aromatic N) is 3. The second-order valence-electron chi connectivity index (χ2n) is 3.83. The Morgan fingerprint density at radius 1 is 1.06 bits per heavy atom. The van der Waals surface area contributed by atoms with Gasteiger partial charge in [0, 0.05) is 30.4 Å². The van der Waals surface area contributed by atoms with Gasteiger partial charge in [0.05, 0.1) is 5.69 Å². The summed E-state index contributed by atoms with van der Waals surface area (Å²) >= 11 is 0. The number of imidazole rings is 1. The lowest BCUT2D eigenvalue weighted by molar-refractivity contribution is 1.18. The number of hydrogen-bond acceptors (Lipinski definition) is 2. The Bertz CT molecular complexity index is 640. The van der Waals surface area contributed by atoms with Gasteiger partial charge in [-0.2, -0.15) is 0 Å². The molecule has 3 heteroatoms. The molecular weight excluding hydrogens is 198 g/mol. The Labute approximate surface area is 93.4 Å². The molecule has 3 nitrogen and oxygen atoms in total. The fraction of sp³-hybridized carbons (Fsp3) is 0.0769. The van der Waals surface area contributed by atoms with E-state index in [0.29, 0.717) is 0 Å². The first-order valence-electron chi connectivity index (χ1n) is 5.19. The van der Waals surface area contributed by atoms with Gasteiger partial charge >= 0.3 is 0 Å². The third-order valence-electron chi connectivity index (χ3n) is 2.60. The van der Waals surface area contributed by atoms with Gasteiger partial charge in [0.15, 0.2) is 0 Å². The molecule has 3 aromatic heterocycles. The van der Waals surface area contributed by atoms with E-state index in [0.717, 1.165) is 16.9 Å². The van der Waals surface area contributed by atoms with E-state index in [4.69, 9.17) is 0 Å². The Balaban J connectivity index is 2.18. The van der Waals surface area contributed by atoms with Crippen LogP contribution in [0, 0.1) is 6.92 Å². The lowest BCUT2D eigenvalue weighted by atomic mass is 10.1. The summed E-state index contributed by atoms with van der Waals surface area (Å²) in [5, 5.41) is 0. The van der Waals surface area contributed by atoms with Crippen LogP contribution >= 0.6 is 0 Å². The standard InChI is InChI=1S/C13H11N3/c1-10-4-5-14-12(8-10)11-2-3-13-15-6-7-16(13)9-11/h2-9H,1H3. The zero-order valence-electron chi connectivity index (χ0n) is 8.96. The van der Waals surface area contributed by atoms with E-state index in [-0.39, 0.29) is 0 Å². The second-order valence-corrected chi connectivity index (χ2v) is 3.83. The molecule has 78 valence electrons. The van der Waals surface area contributed by atoms with E-state index < -0.39 is 0 Å². The van der Waals surface area contributed by atoms with Gasteiger partial charge in [-0.25, -0.2) is 4.98 Å². The summed E-state index contributed by atoms with van der Waals surface area (Å²) in [6.07, 6.45) is 7.62. The molecule has 0 amide bonds. The van der Waals surface area contributed by atoms with Gasteiger partial charge in [0.1, 0.15) is 5.65 Å². The summed E-state index contributed by atoms with van der Waals surface area (Å²) in [4.78, 5) is 8.58. The van der Waals surface area contributed by atoms with Crippen molar-refractivity contribution >= 4 is 5.65 Å². The van der Waals surface area contributed by atoms with Crippen molar-refractivity contribution in [2.24, 2.45) is 0 Å². The molecule has 3 heterocycles. The average molecular weight is 209 g/mol. The number of hydrogen-bond donors (Lipinski definition) is 0. The number of aromatic nitrogens is 3. The zero-order chi connectivity index (χ0) is 11.0. The number of pyridine rings is 2. The molecule has 0 aliphatic carbocycles. The van der Waals surface area contributed by atoms with E-state index >= 15 is 0 Å². The van der Waals surface area contributed by atoms with Crippen molar-refractivity contribution in [1.82, 2.24) is 14.4 Å². The maximum absolute atomic E-state index is 4.37. The molecule has 3 rings (SSSR count). The van der Waals surface area contributed by atoms with Crippen molar-refractivity contribution in [3.63, 3.8) is 0 Å². The van der Waals surface area contributed by atoms with E-state index in [1.54, 1.807) is 6.20 Å². The lowest BCUT2D eigenvalue weighted by Crippen LogP contribution is -1.88. The molecule has 0 radical (unpaired) electrons. The van der Waals surface area contributed by atoms with Crippen molar-refractivity contribution in [1.29, 1.82) is 0 Å². The summed E-state index contributed by atoms with van der Waals surface area (Å²) in [5.74, 6) is 0. The molecule has 0 fully saturated rings. The first kappa shape index (κ1) is 9.09.